The molecule has 0 spiro atoms. The Kier molecular flexibility index (Phi) is 4.92. The molecule has 0 saturated heterocycles. The van der Waals surface area contributed by atoms with Crippen LogP contribution in [0.4, 0.5) is 0 Å². The van der Waals surface area contributed by atoms with Crippen molar-refractivity contribution < 1.29 is 14.3 Å². The van der Waals surface area contributed by atoms with Gasteiger partial charge in [0.1, 0.15) is 15.0 Å². The summed E-state index contributed by atoms with van der Waals surface area (Å²) < 4.78 is 11.9. The Morgan fingerprint density at radius 3 is 2.70 bits per heavy atom. The zero-order valence-electron chi connectivity index (χ0n) is 10.7. The Morgan fingerprint density at radius 1 is 1.30 bits per heavy atom. The first kappa shape index (κ1) is 15.2. The molecule has 0 amide bonds. The molecule has 1 heterocycles. The highest BCUT2D eigenvalue weighted by Gasteiger charge is 2.17. The molecule has 0 atom stereocenters. The molecule has 5 nitrogen and oxygen atoms in total. The van der Waals surface area contributed by atoms with Crippen LogP contribution in [0.1, 0.15) is 15.9 Å². The number of ether oxygens (including phenoxy) is 2. The lowest BCUT2D eigenvalue weighted by Gasteiger charge is -2.10. The highest BCUT2D eigenvalue weighted by Crippen LogP contribution is 2.28. The van der Waals surface area contributed by atoms with Crippen molar-refractivity contribution in [1.82, 2.24) is 10.2 Å². The summed E-state index contributed by atoms with van der Waals surface area (Å²) in [6.45, 7) is 1.90. The number of methoxy groups -OCH3 is 1. The van der Waals surface area contributed by atoms with Crippen molar-refractivity contribution in [1.29, 1.82) is 0 Å². The molecule has 7 heteroatoms. The molecule has 0 unspecified atom stereocenters. The second kappa shape index (κ2) is 6.49. The van der Waals surface area contributed by atoms with E-state index >= 15 is 0 Å². The van der Waals surface area contributed by atoms with Crippen LogP contribution in [0.3, 0.4) is 0 Å². The van der Waals surface area contributed by atoms with Gasteiger partial charge in [-0.1, -0.05) is 15.9 Å². The zero-order valence-corrected chi connectivity index (χ0v) is 14.4. The molecular formula is C13H10BrIN2O3. The number of aromatic nitrogens is 2. The number of nitrogens with zero attached hydrogens (tertiary/aromatic N) is 2. The van der Waals surface area contributed by atoms with Crippen LogP contribution in [0.25, 0.3) is 0 Å². The molecule has 20 heavy (non-hydrogen) atoms. The summed E-state index contributed by atoms with van der Waals surface area (Å²) in [5.41, 5.74) is 1.16. The predicted molar refractivity (Wildman–Crippen MR) is 85.0 cm³/mol. The van der Waals surface area contributed by atoms with Crippen LogP contribution in [0, 0.1) is 10.6 Å². The van der Waals surface area contributed by atoms with E-state index in [0.29, 0.717) is 9.45 Å². The van der Waals surface area contributed by atoms with Crippen molar-refractivity contribution in [2.24, 2.45) is 0 Å². The Morgan fingerprint density at radius 2 is 2.05 bits per heavy atom. The van der Waals surface area contributed by atoms with Gasteiger partial charge in [0.05, 0.1) is 7.11 Å². The molecule has 0 aliphatic rings. The third-order valence-corrected chi connectivity index (χ3v) is 3.50. The average molecular weight is 449 g/mol. The smallest absolute Gasteiger partial charge is 0.343 e. The van der Waals surface area contributed by atoms with E-state index in [2.05, 4.69) is 26.1 Å². The lowest BCUT2D eigenvalue weighted by atomic mass is 10.2. The topological polar surface area (TPSA) is 61.3 Å². The summed E-state index contributed by atoms with van der Waals surface area (Å²) in [5, 5.41) is 7.81. The Hall–Kier alpha value is -1.22. The van der Waals surface area contributed by atoms with E-state index in [1.807, 2.05) is 41.6 Å². The minimum atomic E-state index is -0.511. The van der Waals surface area contributed by atoms with Crippen LogP contribution in [0.15, 0.2) is 28.7 Å². The normalized spacial score (nSPS) is 10.2. The molecule has 104 valence electrons. The van der Waals surface area contributed by atoms with Crippen LogP contribution in [-0.4, -0.2) is 23.3 Å². The molecule has 1 aromatic heterocycles. The molecule has 0 aliphatic carbocycles. The monoisotopic (exact) mass is 448 g/mol. The SMILES string of the molecule is COC(=O)c1cc(I)nnc1Oc1ccc(Br)cc1C. The quantitative estimate of drug-likeness (QED) is 0.528. The van der Waals surface area contributed by atoms with E-state index in [1.165, 1.54) is 7.11 Å². The third-order valence-electron chi connectivity index (χ3n) is 2.48. The second-order valence-electron chi connectivity index (χ2n) is 3.89. The van der Waals surface area contributed by atoms with Crippen molar-refractivity contribution in [3.63, 3.8) is 0 Å². The number of aryl methyl sites for hydroxylation is 1. The van der Waals surface area contributed by atoms with Gasteiger partial charge < -0.3 is 9.47 Å². The molecule has 2 aromatic rings. The summed E-state index contributed by atoms with van der Waals surface area (Å²) in [7, 11) is 1.31. The average Bonchev–Trinajstić information content (AvgIpc) is 2.42. The Bertz CT molecular complexity index is 664. The van der Waals surface area contributed by atoms with Gasteiger partial charge in [0.15, 0.2) is 0 Å². The minimum Gasteiger partial charge on any atom is -0.465 e. The number of benzene rings is 1. The highest BCUT2D eigenvalue weighted by molar-refractivity contribution is 14.1. The summed E-state index contributed by atoms with van der Waals surface area (Å²) in [6, 6.07) is 7.12. The van der Waals surface area contributed by atoms with Crippen molar-refractivity contribution >= 4 is 44.5 Å². The predicted octanol–water partition coefficient (Wildman–Crippen LogP) is 3.73. The molecule has 0 N–H and O–H groups in total. The minimum absolute atomic E-state index is 0.127. The number of carbonyl (C=O) groups is 1. The number of carbonyl (C=O) groups excluding carboxylic acids is 1. The van der Waals surface area contributed by atoms with Crippen molar-refractivity contribution in [3.05, 3.63) is 43.6 Å². The molecule has 1 aromatic carbocycles. The summed E-state index contributed by atoms with van der Waals surface area (Å²) in [4.78, 5) is 11.7. The van der Waals surface area contributed by atoms with Gasteiger partial charge in [-0.05, 0) is 59.3 Å². The van der Waals surface area contributed by atoms with Gasteiger partial charge in [-0.25, -0.2) is 4.79 Å². The van der Waals surface area contributed by atoms with Crippen LogP contribution in [0.5, 0.6) is 11.6 Å². The number of halogens is 2. The van der Waals surface area contributed by atoms with Crippen molar-refractivity contribution in [2.75, 3.05) is 7.11 Å². The van der Waals surface area contributed by atoms with Crippen LogP contribution in [-0.2, 0) is 4.74 Å². The fourth-order valence-electron chi connectivity index (χ4n) is 1.52. The second-order valence-corrected chi connectivity index (χ2v) is 5.91. The van der Waals surface area contributed by atoms with Gasteiger partial charge in [-0.2, -0.15) is 0 Å². The number of hydrogen-bond acceptors (Lipinski definition) is 5. The fourth-order valence-corrected chi connectivity index (χ4v) is 2.41. The molecule has 2 rings (SSSR count). The number of esters is 1. The van der Waals surface area contributed by atoms with E-state index in [4.69, 9.17) is 9.47 Å². The first-order chi connectivity index (χ1) is 9.51. The summed E-state index contributed by atoms with van der Waals surface area (Å²) in [5.74, 6) is 0.221. The Balaban J connectivity index is 2.40. The first-order valence-electron chi connectivity index (χ1n) is 5.57. The maximum Gasteiger partial charge on any atom is 0.343 e. The molecule has 0 bridgehead atoms. The summed E-state index contributed by atoms with van der Waals surface area (Å²) in [6.07, 6.45) is 0. The van der Waals surface area contributed by atoms with E-state index in [1.54, 1.807) is 12.1 Å². The zero-order chi connectivity index (χ0) is 14.7. The van der Waals surface area contributed by atoms with Gasteiger partial charge in [-0.15, -0.1) is 10.2 Å². The highest BCUT2D eigenvalue weighted by atomic mass is 127. The van der Waals surface area contributed by atoms with Gasteiger partial charge >= 0.3 is 5.97 Å². The lowest BCUT2D eigenvalue weighted by Crippen LogP contribution is -2.07. The molecule has 0 fully saturated rings. The number of hydrogen-bond donors (Lipinski definition) is 0. The van der Waals surface area contributed by atoms with Crippen LogP contribution < -0.4 is 4.74 Å². The fraction of sp³-hybridized carbons (Fsp3) is 0.154. The van der Waals surface area contributed by atoms with Gasteiger partial charge in [-0.3, -0.25) is 0 Å². The van der Waals surface area contributed by atoms with Crippen molar-refractivity contribution in [2.45, 2.75) is 6.92 Å². The van der Waals surface area contributed by atoms with E-state index in [0.717, 1.165) is 10.0 Å². The Labute approximate surface area is 138 Å². The maximum absolute atomic E-state index is 11.7. The van der Waals surface area contributed by atoms with Gasteiger partial charge in [0.2, 0.25) is 0 Å². The largest absolute Gasteiger partial charge is 0.465 e. The van der Waals surface area contributed by atoms with Crippen molar-refractivity contribution in [3.8, 4) is 11.6 Å². The molecule has 0 saturated carbocycles. The third kappa shape index (κ3) is 3.45. The lowest BCUT2D eigenvalue weighted by molar-refractivity contribution is 0.0596. The van der Waals surface area contributed by atoms with Gasteiger partial charge in [0.25, 0.3) is 5.88 Å². The van der Waals surface area contributed by atoms with E-state index < -0.39 is 5.97 Å². The molecular weight excluding hydrogens is 439 g/mol. The first-order valence-corrected chi connectivity index (χ1v) is 7.44. The number of rotatable bonds is 3. The molecule has 0 aliphatic heterocycles. The van der Waals surface area contributed by atoms with Gasteiger partial charge in [0, 0.05) is 4.47 Å². The maximum atomic E-state index is 11.7. The summed E-state index contributed by atoms with van der Waals surface area (Å²) >= 11 is 5.35. The standard InChI is InChI=1S/C13H10BrIN2O3/c1-7-5-8(14)3-4-10(7)20-12-9(13(18)19-2)6-11(15)16-17-12/h3-6H,1-2H3. The van der Waals surface area contributed by atoms with Crippen LogP contribution >= 0.6 is 38.5 Å². The van der Waals surface area contributed by atoms with E-state index in [9.17, 15) is 4.79 Å². The van der Waals surface area contributed by atoms with E-state index in [-0.39, 0.29) is 11.4 Å². The van der Waals surface area contributed by atoms with Crippen LogP contribution in [0.2, 0.25) is 0 Å². The molecule has 0 radical (unpaired) electrons.